The molecule has 0 N–H and O–H groups in total. The van der Waals surface area contributed by atoms with Crippen molar-refractivity contribution >= 4 is 0 Å². The van der Waals surface area contributed by atoms with Crippen LogP contribution in [0.15, 0.2) is 12.3 Å². The van der Waals surface area contributed by atoms with Crippen molar-refractivity contribution < 1.29 is 9.47 Å². The lowest BCUT2D eigenvalue weighted by molar-refractivity contribution is 0.103. The molecule has 0 radical (unpaired) electrons. The molecule has 1 atom stereocenters. The van der Waals surface area contributed by atoms with Crippen LogP contribution in [0.25, 0.3) is 0 Å². The van der Waals surface area contributed by atoms with Crippen LogP contribution in [0.4, 0.5) is 0 Å². The SMILES string of the molecule is C=C(CCOCCCCCC)OCC(CC)CCCC. The van der Waals surface area contributed by atoms with Gasteiger partial charge in [-0.3, -0.25) is 0 Å². The Hall–Kier alpha value is -0.500. The number of hydrogen-bond donors (Lipinski definition) is 0. The third-order valence-corrected chi connectivity index (χ3v) is 3.73. The number of rotatable bonds is 15. The highest BCUT2D eigenvalue weighted by atomic mass is 16.5. The minimum Gasteiger partial charge on any atom is -0.498 e. The molecule has 0 rings (SSSR count). The van der Waals surface area contributed by atoms with Gasteiger partial charge in [0, 0.05) is 13.0 Å². The monoisotopic (exact) mass is 284 g/mol. The van der Waals surface area contributed by atoms with Gasteiger partial charge < -0.3 is 9.47 Å². The standard InChI is InChI=1S/C18H36O2/c1-5-8-10-11-14-19-15-13-17(4)20-16-18(7-3)12-9-6-2/h18H,4-16H2,1-3H3. The Balaban J connectivity index is 3.43. The molecule has 0 amide bonds. The van der Waals surface area contributed by atoms with Crippen LogP contribution in [-0.2, 0) is 9.47 Å². The Morgan fingerprint density at radius 1 is 0.950 bits per heavy atom. The van der Waals surface area contributed by atoms with E-state index in [1.807, 2.05) is 0 Å². The van der Waals surface area contributed by atoms with E-state index in [0.29, 0.717) is 5.92 Å². The highest BCUT2D eigenvalue weighted by Gasteiger charge is 2.07. The van der Waals surface area contributed by atoms with Gasteiger partial charge in [-0.05, 0) is 18.8 Å². The molecule has 0 bridgehead atoms. The molecule has 0 fully saturated rings. The molecule has 20 heavy (non-hydrogen) atoms. The van der Waals surface area contributed by atoms with Gasteiger partial charge in [0.05, 0.1) is 19.0 Å². The van der Waals surface area contributed by atoms with E-state index in [2.05, 4.69) is 27.4 Å². The predicted octanol–water partition coefficient (Wildman–Crippen LogP) is 5.72. The summed E-state index contributed by atoms with van der Waals surface area (Å²) < 4.78 is 11.4. The van der Waals surface area contributed by atoms with Gasteiger partial charge in [0.25, 0.3) is 0 Å². The molecule has 0 saturated carbocycles. The Kier molecular flexibility index (Phi) is 14.5. The maximum atomic E-state index is 5.76. The molecular weight excluding hydrogens is 248 g/mol. The van der Waals surface area contributed by atoms with Crippen molar-refractivity contribution in [2.24, 2.45) is 5.92 Å². The topological polar surface area (TPSA) is 18.5 Å². The van der Waals surface area contributed by atoms with Crippen LogP contribution in [0, 0.1) is 5.92 Å². The molecule has 0 aliphatic heterocycles. The van der Waals surface area contributed by atoms with Gasteiger partial charge in [-0.15, -0.1) is 0 Å². The molecule has 0 aromatic rings. The van der Waals surface area contributed by atoms with Crippen LogP contribution in [0.1, 0.15) is 78.6 Å². The first kappa shape index (κ1) is 19.5. The van der Waals surface area contributed by atoms with E-state index in [1.54, 1.807) is 0 Å². The van der Waals surface area contributed by atoms with E-state index in [4.69, 9.17) is 9.47 Å². The second kappa shape index (κ2) is 14.9. The first-order valence-electron chi connectivity index (χ1n) is 8.62. The summed E-state index contributed by atoms with van der Waals surface area (Å²) >= 11 is 0. The lowest BCUT2D eigenvalue weighted by atomic mass is 10.0. The first-order valence-corrected chi connectivity index (χ1v) is 8.62. The number of ether oxygens (including phenoxy) is 2. The van der Waals surface area contributed by atoms with Gasteiger partial charge in [-0.25, -0.2) is 0 Å². The van der Waals surface area contributed by atoms with Crippen molar-refractivity contribution in [3.63, 3.8) is 0 Å². The molecule has 0 aromatic carbocycles. The number of hydrogen-bond acceptors (Lipinski definition) is 2. The first-order chi connectivity index (χ1) is 9.74. The maximum absolute atomic E-state index is 5.76. The molecule has 2 nitrogen and oxygen atoms in total. The van der Waals surface area contributed by atoms with Gasteiger partial charge in [-0.1, -0.05) is 65.9 Å². The Labute approximate surface area is 126 Å². The summed E-state index contributed by atoms with van der Waals surface area (Å²) in [6.45, 7) is 13.1. The van der Waals surface area contributed by atoms with E-state index in [9.17, 15) is 0 Å². The third kappa shape index (κ3) is 12.5. The van der Waals surface area contributed by atoms with E-state index in [1.165, 1.54) is 51.4 Å². The number of unbranched alkanes of at least 4 members (excludes halogenated alkanes) is 4. The molecule has 120 valence electrons. The highest BCUT2D eigenvalue weighted by Crippen LogP contribution is 2.15. The molecule has 0 saturated heterocycles. The average Bonchev–Trinajstić information content (AvgIpc) is 2.46. The van der Waals surface area contributed by atoms with Crippen molar-refractivity contribution in [1.29, 1.82) is 0 Å². The van der Waals surface area contributed by atoms with Gasteiger partial charge in [0.15, 0.2) is 0 Å². The predicted molar refractivity (Wildman–Crippen MR) is 88.0 cm³/mol. The summed E-state index contributed by atoms with van der Waals surface area (Å²) in [6, 6.07) is 0. The minimum atomic E-state index is 0.682. The summed E-state index contributed by atoms with van der Waals surface area (Å²) in [5, 5.41) is 0. The molecule has 0 aromatic heterocycles. The van der Waals surface area contributed by atoms with Gasteiger partial charge in [0.1, 0.15) is 0 Å². The summed E-state index contributed by atoms with van der Waals surface area (Å²) in [7, 11) is 0. The average molecular weight is 284 g/mol. The summed E-state index contributed by atoms with van der Waals surface area (Å²) in [5.74, 6) is 1.56. The van der Waals surface area contributed by atoms with Crippen LogP contribution < -0.4 is 0 Å². The van der Waals surface area contributed by atoms with Crippen LogP contribution >= 0.6 is 0 Å². The second-order valence-corrected chi connectivity index (χ2v) is 5.69. The smallest absolute Gasteiger partial charge is 0.0911 e. The normalized spacial score (nSPS) is 12.3. The molecule has 2 heteroatoms. The van der Waals surface area contributed by atoms with Crippen molar-refractivity contribution in [2.45, 2.75) is 78.6 Å². The molecular formula is C18H36O2. The lowest BCUT2D eigenvalue weighted by Gasteiger charge is -2.16. The van der Waals surface area contributed by atoms with Gasteiger partial charge >= 0.3 is 0 Å². The van der Waals surface area contributed by atoms with Crippen LogP contribution in [0.5, 0.6) is 0 Å². The largest absolute Gasteiger partial charge is 0.498 e. The summed E-state index contributed by atoms with van der Waals surface area (Å²) in [5.41, 5.74) is 0. The summed E-state index contributed by atoms with van der Waals surface area (Å²) in [6.07, 6.45) is 10.9. The van der Waals surface area contributed by atoms with Crippen molar-refractivity contribution in [3.8, 4) is 0 Å². The Bertz CT molecular complexity index is 213. The van der Waals surface area contributed by atoms with Gasteiger partial charge in [-0.2, -0.15) is 0 Å². The molecule has 0 spiro atoms. The zero-order chi connectivity index (χ0) is 15.1. The minimum absolute atomic E-state index is 0.682. The fourth-order valence-corrected chi connectivity index (χ4v) is 2.12. The van der Waals surface area contributed by atoms with E-state index >= 15 is 0 Å². The quantitative estimate of drug-likeness (QED) is 0.283. The van der Waals surface area contributed by atoms with Crippen LogP contribution in [0.2, 0.25) is 0 Å². The Morgan fingerprint density at radius 2 is 1.70 bits per heavy atom. The molecule has 0 aliphatic rings. The van der Waals surface area contributed by atoms with E-state index < -0.39 is 0 Å². The van der Waals surface area contributed by atoms with Crippen molar-refractivity contribution in [3.05, 3.63) is 12.3 Å². The summed E-state index contributed by atoms with van der Waals surface area (Å²) in [4.78, 5) is 0. The zero-order valence-corrected chi connectivity index (χ0v) is 14.1. The highest BCUT2D eigenvalue weighted by molar-refractivity contribution is 4.82. The van der Waals surface area contributed by atoms with E-state index in [-0.39, 0.29) is 0 Å². The third-order valence-electron chi connectivity index (χ3n) is 3.73. The Morgan fingerprint density at radius 3 is 2.35 bits per heavy atom. The van der Waals surface area contributed by atoms with Gasteiger partial charge in [0.2, 0.25) is 0 Å². The second-order valence-electron chi connectivity index (χ2n) is 5.69. The lowest BCUT2D eigenvalue weighted by Crippen LogP contribution is -2.09. The van der Waals surface area contributed by atoms with Crippen LogP contribution in [0.3, 0.4) is 0 Å². The molecule has 0 heterocycles. The maximum Gasteiger partial charge on any atom is 0.0911 e. The molecule has 0 aliphatic carbocycles. The van der Waals surface area contributed by atoms with Crippen LogP contribution in [-0.4, -0.2) is 19.8 Å². The fourth-order valence-electron chi connectivity index (χ4n) is 2.12. The van der Waals surface area contributed by atoms with Crippen molar-refractivity contribution in [1.82, 2.24) is 0 Å². The van der Waals surface area contributed by atoms with E-state index in [0.717, 1.165) is 32.0 Å². The zero-order valence-electron chi connectivity index (χ0n) is 14.1. The molecule has 1 unspecified atom stereocenters. The van der Waals surface area contributed by atoms with Crippen molar-refractivity contribution in [2.75, 3.05) is 19.8 Å². The fraction of sp³-hybridized carbons (Fsp3) is 0.889.